The molecule has 0 spiro atoms. The lowest BCUT2D eigenvalue weighted by Crippen LogP contribution is -2.47. The van der Waals surface area contributed by atoms with Gasteiger partial charge >= 0.3 is 0 Å². The number of hydrogen-bond donors (Lipinski definition) is 1. The molecular formula is C14H18N2. The molecule has 1 aliphatic carbocycles. The SMILES string of the molecule is Cc1ccc(C2(C3=NCCN3)CCC2)cc1. The number of amidine groups is 1. The van der Waals surface area contributed by atoms with Crippen LogP contribution in [0.3, 0.4) is 0 Å². The lowest BCUT2D eigenvalue weighted by Gasteiger charge is -2.42. The third-order valence-electron chi connectivity index (χ3n) is 3.94. The van der Waals surface area contributed by atoms with Gasteiger partial charge < -0.3 is 5.32 Å². The minimum Gasteiger partial charge on any atom is -0.371 e. The van der Waals surface area contributed by atoms with Crippen LogP contribution in [-0.2, 0) is 5.41 Å². The Hall–Kier alpha value is -1.31. The van der Waals surface area contributed by atoms with Gasteiger partial charge in [-0.15, -0.1) is 0 Å². The third-order valence-corrected chi connectivity index (χ3v) is 3.94. The fourth-order valence-electron chi connectivity index (χ4n) is 2.78. The second-order valence-corrected chi connectivity index (χ2v) is 4.96. The van der Waals surface area contributed by atoms with Gasteiger partial charge in [-0.3, -0.25) is 4.99 Å². The normalized spacial score (nSPS) is 22.2. The standard InChI is InChI=1S/C14H18N2/c1-11-3-5-12(6-4-11)14(7-2-8-14)13-15-9-10-16-13/h3-6H,2,7-10H2,1H3,(H,15,16). The molecule has 1 aromatic rings. The molecule has 0 radical (unpaired) electrons. The molecule has 0 unspecified atom stereocenters. The Labute approximate surface area is 96.8 Å². The minimum absolute atomic E-state index is 0.226. The van der Waals surface area contributed by atoms with E-state index in [0.29, 0.717) is 0 Å². The second kappa shape index (κ2) is 3.62. The highest BCUT2D eigenvalue weighted by atomic mass is 15.1. The first-order valence-electron chi connectivity index (χ1n) is 6.17. The molecule has 2 aliphatic rings. The van der Waals surface area contributed by atoms with Gasteiger partial charge in [0.25, 0.3) is 0 Å². The summed E-state index contributed by atoms with van der Waals surface area (Å²) in [6, 6.07) is 8.98. The Morgan fingerprint density at radius 1 is 1.19 bits per heavy atom. The van der Waals surface area contributed by atoms with E-state index in [4.69, 9.17) is 0 Å². The van der Waals surface area contributed by atoms with E-state index in [1.165, 1.54) is 36.2 Å². The van der Waals surface area contributed by atoms with E-state index in [1.54, 1.807) is 0 Å². The van der Waals surface area contributed by atoms with Gasteiger partial charge in [0.05, 0.1) is 12.0 Å². The van der Waals surface area contributed by atoms with Crippen molar-refractivity contribution in [3.63, 3.8) is 0 Å². The summed E-state index contributed by atoms with van der Waals surface area (Å²) >= 11 is 0. The van der Waals surface area contributed by atoms with E-state index in [-0.39, 0.29) is 5.41 Å². The van der Waals surface area contributed by atoms with Crippen LogP contribution in [0.4, 0.5) is 0 Å². The fraction of sp³-hybridized carbons (Fsp3) is 0.500. The van der Waals surface area contributed by atoms with Crippen LogP contribution in [0.15, 0.2) is 29.3 Å². The average Bonchev–Trinajstić information content (AvgIpc) is 2.73. The molecule has 16 heavy (non-hydrogen) atoms. The molecule has 0 bridgehead atoms. The van der Waals surface area contributed by atoms with E-state index in [2.05, 4.69) is 41.5 Å². The van der Waals surface area contributed by atoms with Gasteiger partial charge in [-0.2, -0.15) is 0 Å². The van der Waals surface area contributed by atoms with Crippen molar-refractivity contribution in [1.29, 1.82) is 0 Å². The quantitative estimate of drug-likeness (QED) is 0.803. The van der Waals surface area contributed by atoms with E-state index in [1.807, 2.05) is 0 Å². The molecular weight excluding hydrogens is 196 g/mol. The third kappa shape index (κ3) is 1.36. The van der Waals surface area contributed by atoms with Crippen LogP contribution in [0.25, 0.3) is 0 Å². The largest absolute Gasteiger partial charge is 0.371 e. The first kappa shape index (κ1) is 9.88. The predicted octanol–water partition coefficient (Wildman–Crippen LogP) is 2.42. The highest BCUT2D eigenvalue weighted by Crippen LogP contribution is 2.44. The Kier molecular flexibility index (Phi) is 2.23. The zero-order valence-electron chi connectivity index (χ0n) is 9.79. The highest BCUT2D eigenvalue weighted by molar-refractivity contribution is 5.95. The van der Waals surface area contributed by atoms with Crippen molar-refractivity contribution in [3.05, 3.63) is 35.4 Å². The molecule has 1 fully saturated rings. The number of aliphatic imine (C=N–C) groups is 1. The summed E-state index contributed by atoms with van der Waals surface area (Å²) in [5.41, 5.74) is 3.00. The Morgan fingerprint density at radius 3 is 2.44 bits per heavy atom. The van der Waals surface area contributed by atoms with Crippen LogP contribution >= 0.6 is 0 Å². The summed E-state index contributed by atoms with van der Waals surface area (Å²) in [4.78, 5) is 4.63. The molecule has 1 aliphatic heterocycles. The van der Waals surface area contributed by atoms with Crippen molar-refractivity contribution < 1.29 is 0 Å². The fourth-order valence-corrected chi connectivity index (χ4v) is 2.78. The monoisotopic (exact) mass is 214 g/mol. The van der Waals surface area contributed by atoms with Crippen LogP contribution in [-0.4, -0.2) is 18.9 Å². The number of nitrogens with one attached hydrogen (secondary N) is 1. The van der Waals surface area contributed by atoms with Gasteiger partial charge in [0, 0.05) is 6.54 Å². The zero-order valence-corrected chi connectivity index (χ0v) is 9.79. The molecule has 0 atom stereocenters. The van der Waals surface area contributed by atoms with Crippen molar-refractivity contribution in [2.45, 2.75) is 31.6 Å². The van der Waals surface area contributed by atoms with Gasteiger partial charge in [-0.1, -0.05) is 36.2 Å². The van der Waals surface area contributed by atoms with Crippen molar-refractivity contribution in [3.8, 4) is 0 Å². The van der Waals surface area contributed by atoms with Crippen molar-refractivity contribution in [1.82, 2.24) is 5.32 Å². The van der Waals surface area contributed by atoms with Crippen molar-refractivity contribution >= 4 is 5.84 Å². The maximum atomic E-state index is 4.63. The lowest BCUT2D eigenvalue weighted by molar-refractivity contribution is 0.335. The van der Waals surface area contributed by atoms with E-state index < -0.39 is 0 Å². The summed E-state index contributed by atoms with van der Waals surface area (Å²) in [7, 11) is 0. The Bertz CT molecular complexity index is 413. The van der Waals surface area contributed by atoms with Crippen LogP contribution in [0.1, 0.15) is 30.4 Å². The number of aryl methyl sites for hydroxylation is 1. The number of hydrogen-bond acceptors (Lipinski definition) is 2. The Balaban J connectivity index is 1.98. The molecule has 2 nitrogen and oxygen atoms in total. The molecule has 0 saturated heterocycles. The van der Waals surface area contributed by atoms with Crippen molar-refractivity contribution in [2.24, 2.45) is 4.99 Å². The second-order valence-electron chi connectivity index (χ2n) is 4.96. The Morgan fingerprint density at radius 2 is 1.94 bits per heavy atom. The number of nitrogens with zero attached hydrogens (tertiary/aromatic N) is 1. The smallest absolute Gasteiger partial charge is 0.107 e. The lowest BCUT2D eigenvalue weighted by atomic mass is 9.63. The van der Waals surface area contributed by atoms with Crippen LogP contribution in [0.2, 0.25) is 0 Å². The molecule has 0 aromatic heterocycles. The summed E-state index contributed by atoms with van der Waals surface area (Å²) in [5, 5.41) is 3.46. The van der Waals surface area contributed by atoms with E-state index >= 15 is 0 Å². The molecule has 1 N–H and O–H groups in total. The van der Waals surface area contributed by atoms with Gasteiger partial charge in [0.15, 0.2) is 0 Å². The molecule has 1 saturated carbocycles. The first-order chi connectivity index (χ1) is 7.81. The number of benzene rings is 1. The number of rotatable bonds is 2. The molecule has 3 rings (SSSR count). The van der Waals surface area contributed by atoms with Gasteiger partial charge in [-0.25, -0.2) is 0 Å². The molecule has 84 valence electrons. The van der Waals surface area contributed by atoms with E-state index in [9.17, 15) is 0 Å². The van der Waals surface area contributed by atoms with Crippen molar-refractivity contribution in [2.75, 3.05) is 13.1 Å². The molecule has 2 heteroatoms. The summed E-state index contributed by atoms with van der Waals surface area (Å²) in [6.07, 6.45) is 3.83. The van der Waals surface area contributed by atoms with Crippen LogP contribution in [0.5, 0.6) is 0 Å². The van der Waals surface area contributed by atoms with Gasteiger partial charge in [-0.05, 0) is 25.3 Å². The summed E-state index contributed by atoms with van der Waals surface area (Å²) in [5.74, 6) is 1.24. The minimum atomic E-state index is 0.226. The summed E-state index contributed by atoms with van der Waals surface area (Å²) in [6.45, 7) is 4.11. The van der Waals surface area contributed by atoms with E-state index in [0.717, 1.165) is 13.1 Å². The molecule has 1 heterocycles. The maximum absolute atomic E-state index is 4.63. The summed E-state index contributed by atoms with van der Waals surface area (Å²) < 4.78 is 0. The molecule has 0 amide bonds. The molecule has 1 aromatic carbocycles. The highest BCUT2D eigenvalue weighted by Gasteiger charge is 2.44. The topological polar surface area (TPSA) is 24.4 Å². The van der Waals surface area contributed by atoms with Gasteiger partial charge in [0.1, 0.15) is 5.84 Å². The van der Waals surface area contributed by atoms with Crippen LogP contribution in [0, 0.1) is 6.92 Å². The predicted molar refractivity (Wildman–Crippen MR) is 67.0 cm³/mol. The van der Waals surface area contributed by atoms with Crippen LogP contribution < -0.4 is 5.32 Å². The first-order valence-corrected chi connectivity index (χ1v) is 6.17. The maximum Gasteiger partial charge on any atom is 0.107 e. The zero-order chi connectivity index (χ0) is 11.0. The average molecular weight is 214 g/mol. The van der Waals surface area contributed by atoms with Gasteiger partial charge in [0.2, 0.25) is 0 Å².